The first kappa shape index (κ1) is 17.5. The quantitative estimate of drug-likeness (QED) is 0.483. The monoisotopic (exact) mass is 402 g/mol. The molecule has 116 valence electrons. The lowest BCUT2D eigenvalue weighted by atomic mass is 10.1. The van der Waals surface area contributed by atoms with E-state index < -0.39 is 11.2 Å². The number of aryl methyl sites for hydroxylation is 1. The Labute approximate surface area is 146 Å². The fraction of sp³-hybridized carbons (Fsp3) is 0.176. The van der Waals surface area contributed by atoms with Crippen LogP contribution in [0.25, 0.3) is 0 Å². The van der Waals surface area contributed by atoms with E-state index in [9.17, 15) is 8.78 Å². The topological polar surface area (TPSA) is 0 Å². The first-order valence-electron chi connectivity index (χ1n) is 6.52. The van der Waals surface area contributed by atoms with E-state index in [-0.39, 0.29) is 4.48 Å². The van der Waals surface area contributed by atoms with Crippen molar-refractivity contribution in [3.8, 4) is 0 Å². The summed E-state index contributed by atoms with van der Waals surface area (Å²) in [6.07, 6.45) is 0. The third kappa shape index (κ3) is 4.12. The maximum atomic E-state index is 14.6. The second kappa shape index (κ2) is 7.16. The fourth-order valence-electron chi connectivity index (χ4n) is 1.88. The van der Waals surface area contributed by atoms with Crippen LogP contribution in [-0.4, -0.2) is 5.92 Å². The number of benzene rings is 2. The van der Waals surface area contributed by atoms with Crippen LogP contribution in [0.4, 0.5) is 8.78 Å². The van der Waals surface area contributed by atoms with E-state index in [0.29, 0.717) is 10.6 Å². The smallest absolute Gasteiger partial charge is 0.199 e. The number of halogens is 4. The zero-order valence-corrected chi connectivity index (χ0v) is 15.0. The van der Waals surface area contributed by atoms with E-state index in [0.717, 1.165) is 22.2 Å². The maximum absolute atomic E-state index is 14.6. The van der Waals surface area contributed by atoms with Gasteiger partial charge >= 0.3 is 0 Å². The van der Waals surface area contributed by atoms with Crippen LogP contribution in [0.15, 0.2) is 64.5 Å². The van der Waals surface area contributed by atoms with Crippen molar-refractivity contribution in [1.29, 1.82) is 0 Å². The first-order chi connectivity index (χ1) is 10.3. The molecule has 0 aliphatic carbocycles. The zero-order chi connectivity index (χ0) is 16.3. The Bertz CT molecular complexity index is 653. The number of alkyl halides is 2. The van der Waals surface area contributed by atoms with E-state index in [4.69, 9.17) is 11.6 Å². The average molecular weight is 404 g/mol. The van der Waals surface area contributed by atoms with E-state index in [1.807, 2.05) is 31.2 Å². The van der Waals surface area contributed by atoms with Gasteiger partial charge in [0.1, 0.15) is 5.25 Å². The molecule has 0 radical (unpaired) electrons. The predicted molar refractivity (Wildman–Crippen MR) is 94.2 cm³/mol. The van der Waals surface area contributed by atoms with Gasteiger partial charge in [-0.05, 0) is 52.7 Å². The first-order valence-corrected chi connectivity index (χ1v) is 8.57. The number of thioether (sulfide) groups is 1. The molecule has 0 aromatic heterocycles. The molecule has 0 fully saturated rings. The third-order valence-electron chi connectivity index (χ3n) is 3.14. The van der Waals surface area contributed by atoms with Gasteiger partial charge in [0, 0.05) is 9.92 Å². The SMILES string of the molecule is C=C(Br)C(F)(F)C(Sc1ccc(C)cc1)c1ccc(Cl)cc1. The highest BCUT2D eigenvalue weighted by Crippen LogP contribution is 2.50. The van der Waals surface area contributed by atoms with Crippen LogP contribution in [0.5, 0.6) is 0 Å². The van der Waals surface area contributed by atoms with Crippen LogP contribution >= 0.6 is 39.3 Å². The summed E-state index contributed by atoms with van der Waals surface area (Å²) in [7, 11) is 0. The van der Waals surface area contributed by atoms with Gasteiger partial charge in [-0.25, -0.2) is 0 Å². The summed E-state index contributed by atoms with van der Waals surface area (Å²) in [4.78, 5) is 0.777. The van der Waals surface area contributed by atoms with Gasteiger partial charge in [0.15, 0.2) is 0 Å². The molecule has 2 aromatic carbocycles. The lowest BCUT2D eigenvalue weighted by Gasteiger charge is -2.26. The second-order valence-electron chi connectivity index (χ2n) is 4.89. The minimum atomic E-state index is -3.09. The Kier molecular flexibility index (Phi) is 5.70. The highest BCUT2D eigenvalue weighted by atomic mass is 79.9. The minimum absolute atomic E-state index is 0.334. The summed E-state index contributed by atoms with van der Waals surface area (Å²) in [6.45, 7) is 5.33. The van der Waals surface area contributed by atoms with Crippen LogP contribution in [-0.2, 0) is 0 Å². The molecule has 5 heteroatoms. The van der Waals surface area contributed by atoms with Crippen molar-refractivity contribution in [3.05, 3.63) is 75.7 Å². The molecule has 0 N–H and O–H groups in total. The molecule has 0 amide bonds. The molecule has 0 spiro atoms. The van der Waals surface area contributed by atoms with Crippen LogP contribution < -0.4 is 0 Å². The number of rotatable bonds is 5. The van der Waals surface area contributed by atoms with Gasteiger partial charge in [0.25, 0.3) is 5.92 Å². The molecule has 1 unspecified atom stereocenters. The van der Waals surface area contributed by atoms with Gasteiger partial charge < -0.3 is 0 Å². The lowest BCUT2D eigenvalue weighted by molar-refractivity contribution is 0.0493. The summed E-state index contributed by atoms with van der Waals surface area (Å²) in [5.74, 6) is -3.09. The van der Waals surface area contributed by atoms with Crippen LogP contribution in [0.2, 0.25) is 5.02 Å². The average Bonchev–Trinajstić information content (AvgIpc) is 2.47. The molecule has 0 heterocycles. The largest absolute Gasteiger partial charge is 0.294 e. The number of hydrogen-bond acceptors (Lipinski definition) is 1. The normalized spacial score (nSPS) is 13.0. The fourth-order valence-corrected chi connectivity index (χ4v) is 3.54. The molecule has 0 nitrogen and oxygen atoms in total. The molecule has 0 aliphatic heterocycles. The molecule has 2 rings (SSSR count). The van der Waals surface area contributed by atoms with Crippen LogP contribution in [0.3, 0.4) is 0 Å². The van der Waals surface area contributed by atoms with Crippen molar-refractivity contribution >= 4 is 39.3 Å². The lowest BCUT2D eigenvalue weighted by Crippen LogP contribution is -2.24. The predicted octanol–water partition coefficient (Wildman–Crippen LogP) is 7.03. The minimum Gasteiger partial charge on any atom is -0.199 e. The van der Waals surface area contributed by atoms with Gasteiger partial charge in [-0.3, -0.25) is 0 Å². The van der Waals surface area contributed by atoms with Crippen molar-refractivity contribution in [2.24, 2.45) is 0 Å². The maximum Gasteiger partial charge on any atom is 0.294 e. The van der Waals surface area contributed by atoms with E-state index in [2.05, 4.69) is 22.5 Å². The van der Waals surface area contributed by atoms with Crippen LogP contribution in [0, 0.1) is 6.92 Å². The number of allylic oxidation sites excluding steroid dienone is 1. The van der Waals surface area contributed by atoms with Crippen molar-refractivity contribution in [2.75, 3.05) is 0 Å². The molecular weight excluding hydrogens is 390 g/mol. The molecule has 0 saturated heterocycles. The summed E-state index contributed by atoms with van der Waals surface area (Å²) in [5.41, 5.74) is 1.59. The van der Waals surface area contributed by atoms with Crippen molar-refractivity contribution < 1.29 is 8.78 Å². The Balaban J connectivity index is 2.39. The summed E-state index contributed by atoms with van der Waals surface area (Å²) in [5, 5.41) is -0.567. The van der Waals surface area contributed by atoms with Gasteiger partial charge in [-0.1, -0.05) is 48.0 Å². The van der Waals surface area contributed by atoms with Gasteiger partial charge in [0.2, 0.25) is 0 Å². The summed E-state index contributed by atoms with van der Waals surface area (Å²) < 4.78 is 28.8. The van der Waals surface area contributed by atoms with Crippen molar-refractivity contribution in [3.63, 3.8) is 0 Å². The van der Waals surface area contributed by atoms with Crippen molar-refractivity contribution in [1.82, 2.24) is 0 Å². The van der Waals surface area contributed by atoms with E-state index in [1.165, 1.54) is 0 Å². The van der Waals surface area contributed by atoms with Gasteiger partial charge in [0.05, 0.1) is 4.48 Å². The van der Waals surface area contributed by atoms with Crippen LogP contribution in [0.1, 0.15) is 16.4 Å². The standard InChI is InChI=1S/C17H14BrClF2S/c1-11-3-9-15(10-4-11)22-16(17(20,21)12(2)18)13-5-7-14(19)8-6-13/h3-10,16H,2H2,1H3. The highest BCUT2D eigenvalue weighted by Gasteiger charge is 2.43. The molecule has 22 heavy (non-hydrogen) atoms. The third-order valence-corrected chi connectivity index (χ3v) is 5.27. The van der Waals surface area contributed by atoms with Crippen molar-refractivity contribution in [2.45, 2.75) is 23.0 Å². The molecule has 0 saturated carbocycles. The summed E-state index contributed by atoms with van der Waals surface area (Å²) >= 11 is 9.81. The summed E-state index contributed by atoms with van der Waals surface area (Å²) in [6, 6.07) is 14.0. The zero-order valence-electron chi connectivity index (χ0n) is 11.8. The molecule has 2 aromatic rings. The Morgan fingerprint density at radius 2 is 1.68 bits per heavy atom. The molecular formula is C17H14BrClF2S. The molecule has 1 atom stereocenters. The van der Waals surface area contributed by atoms with Gasteiger partial charge in [-0.15, -0.1) is 11.8 Å². The Morgan fingerprint density at radius 1 is 1.14 bits per heavy atom. The van der Waals surface area contributed by atoms with E-state index in [1.54, 1.807) is 24.3 Å². The Hall–Kier alpha value is -0.840. The van der Waals surface area contributed by atoms with Gasteiger partial charge in [-0.2, -0.15) is 8.78 Å². The molecule has 0 aliphatic rings. The molecule has 0 bridgehead atoms. The second-order valence-corrected chi connectivity index (χ2v) is 7.46. The highest BCUT2D eigenvalue weighted by molar-refractivity contribution is 9.11. The number of hydrogen-bond donors (Lipinski definition) is 0. The van der Waals surface area contributed by atoms with E-state index >= 15 is 0 Å². The Morgan fingerprint density at radius 3 is 2.18 bits per heavy atom.